The third kappa shape index (κ3) is 3.39. The maximum absolute atomic E-state index is 10.7. The van der Waals surface area contributed by atoms with Crippen molar-refractivity contribution in [3.05, 3.63) is 33.9 Å². The van der Waals surface area contributed by atoms with Gasteiger partial charge in [-0.05, 0) is 16.9 Å². The highest BCUT2D eigenvalue weighted by molar-refractivity contribution is 7.99. The largest absolute Gasteiger partial charge is 0.318 e. The molecule has 0 spiro atoms. The van der Waals surface area contributed by atoms with E-state index in [-0.39, 0.29) is 5.69 Å². The van der Waals surface area contributed by atoms with Crippen molar-refractivity contribution in [1.29, 1.82) is 0 Å². The van der Waals surface area contributed by atoms with Crippen molar-refractivity contribution in [1.82, 2.24) is 0 Å². The zero-order valence-electron chi connectivity index (χ0n) is 9.27. The molecule has 6 heteroatoms. The van der Waals surface area contributed by atoms with Gasteiger partial charge in [-0.3, -0.25) is 16.0 Å². The number of benzene rings is 1. The number of nitrogens with zero attached hydrogens (tertiary/aromatic N) is 1. The van der Waals surface area contributed by atoms with Crippen LogP contribution in [-0.2, 0) is 5.75 Å². The van der Waals surface area contributed by atoms with Gasteiger partial charge in [-0.25, -0.2) is 0 Å². The van der Waals surface area contributed by atoms with E-state index in [2.05, 4.69) is 19.3 Å². The molecule has 3 N–H and O–H groups in total. The Hall–Kier alpha value is -1.27. The summed E-state index contributed by atoms with van der Waals surface area (Å²) >= 11 is 1.78. The van der Waals surface area contributed by atoms with Crippen molar-refractivity contribution < 1.29 is 4.92 Å². The predicted octanol–water partition coefficient (Wildman–Crippen LogP) is 2.52. The zero-order chi connectivity index (χ0) is 12.1. The minimum absolute atomic E-state index is 0.000738. The van der Waals surface area contributed by atoms with E-state index >= 15 is 0 Å². The molecule has 0 fully saturated rings. The summed E-state index contributed by atoms with van der Waals surface area (Å²) in [6.07, 6.45) is 0. The second-order valence-electron chi connectivity index (χ2n) is 3.61. The fourth-order valence-corrected chi connectivity index (χ4v) is 1.92. The lowest BCUT2D eigenvalue weighted by atomic mass is 10.2. The van der Waals surface area contributed by atoms with Crippen LogP contribution >= 0.6 is 11.8 Å². The number of nitro benzene ring substituents is 1. The molecule has 0 aliphatic heterocycles. The summed E-state index contributed by atoms with van der Waals surface area (Å²) in [5.41, 5.74) is 3.73. The Morgan fingerprint density at radius 3 is 2.75 bits per heavy atom. The van der Waals surface area contributed by atoms with Gasteiger partial charge < -0.3 is 5.43 Å². The lowest BCUT2D eigenvalue weighted by molar-refractivity contribution is -0.384. The number of rotatable bonds is 5. The number of nitrogen functional groups attached to an aromatic ring is 1. The van der Waals surface area contributed by atoms with Crippen molar-refractivity contribution in [2.24, 2.45) is 5.84 Å². The molecule has 1 rings (SSSR count). The Labute approximate surface area is 98.5 Å². The quantitative estimate of drug-likeness (QED) is 0.470. The molecule has 0 bridgehead atoms. The molecule has 0 aliphatic rings. The van der Waals surface area contributed by atoms with Crippen LogP contribution in [0.15, 0.2) is 18.2 Å². The van der Waals surface area contributed by atoms with Crippen molar-refractivity contribution in [3.8, 4) is 0 Å². The summed E-state index contributed by atoms with van der Waals surface area (Å²) in [5, 5.41) is 11.2. The topological polar surface area (TPSA) is 81.2 Å². The fraction of sp³-hybridized carbons (Fsp3) is 0.400. The second kappa shape index (κ2) is 5.72. The summed E-state index contributed by atoms with van der Waals surface area (Å²) < 4.78 is 0. The minimum Gasteiger partial charge on any atom is -0.318 e. The first-order chi connectivity index (χ1) is 7.54. The Morgan fingerprint density at radius 1 is 1.56 bits per heavy atom. The van der Waals surface area contributed by atoms with Crippen LogP contribution in [0, 0.1) is 10.1 Å². The average Bonchev–Trinajstić information content (AvgIpc) is 2.25. The molecular weight excluding hydrogens is 226 g/mol. The molecule has 0 amide bonds. The summed E-state index contributed by atoms with van der Waals surface area (Å²) in [6.45, 7) is 4.22. The lowest BCUT2D eigenvalue weighted by Gasteiger charge is -2.07. The highest BCUT2D eigenvalue weighted by Crippen LogP contribution is 2.27. The number of hydrogen-bond acceptors (Lipinski definition) is 5. The van der Waals surface area contributed by atoms with E-state index in [1.165, 1.54) is 6.07 Å². The SMILES string of the molecule is CC(C)SCc1ccc([N+](=O)[O-])c(NN)c1. The van der Waals surface area contributed by atoms with Crippen molar-refractivity contribution in [2.75, 3.05) is 5.43 Å². The summed E-state index contributed by atoms with van der Waals surface area (Å²) in [4.78, 5) is 10.2. The van der Waals surface area contributed by atoms with E-state index < -0.39 is 4.92 Å². The minimum atomic E-state index is -0.450. The Morgan fingerprint density at radius 2 is 2.25 bits per heavy atom. The van der Waals surface area contributed by atoms with Gasteiger partial charge in [0.2, 0.25) is 0 Å². The number of nitrogens with one attached hydrogen (secondary N) is 1. The number of hydrazine groups is 1. The molecule has 5 nitrogen and oxygen atoms in total. The van der Waals surface area contributed by atoms with E-state index in [0.29, 0.717) is 10.9 Å². The van der Waals surface area contributed by atoms with Crippen molar-refractivity contribution in [3.63, 3.8) is 0 Å². The van der Waals surface area contributed by atoms with Gasteiger partial charge in [-0.2, -0.15) is 11.8 Å². The summed E-state index contributed by atoms with van der Waals surface area (Å²) in [6, 6.07) is 4.95. The first kappa shape index (κ1) is 12.8. The van der Waals surface area contributed by atoms with Crippen molar-refractivity contribution >= 4 is 23.1 Å². The van der Waals surface area contributed by atoms with Gasteiger partial charge in [0, 0.05) is 11.8 Å². The molecular formula is C10H15N3O2S. The molecule has 88 valence electrons. The molecule has 0 heterocycles. The van der Waals surface area contributed by atoms with Gasteiger partial charge in [-0.15, -0.1) is 0 Å². The monoisotopic (exact) mass is 241 g/mol. The molecule has 0 saturated heterocycles. The van der Waals surface area contributed by atoms with Crippen LogP contribution in [0.2, 0.25) is 0 Å². The van der Waals surface area contributed by atoms with Gasteiger partial charge in [0.1, 0.15) is 5.69 Å². The molecule has 0 unspecified atom stereocenters. The van der Waals surface area contributed by atoms with Crippen molar-refractivity contribution in [2.45, 2.75) is 24.9 Å². The lowest BCUT2D eigenvalue weighted by Crippen LogP contribution is -2.09. The number of nitro groups is 1. The van der Waals surface area contributed by atoms with Crippen LogP contribution < -0.4 is 11.3 Å². The van der Waals surface area contributed by atoms with Crippen LogP contribution in [-0.4, -0.2) is 10.2 Å². The third-order valence-corrected chi connectivity index (χ3v) is 3.16. The van der Waals surface area contributed by atoms with E-state index in [0.717, 1.165) is 11.3 Å². The summed E-state index contributed by atoms with van der Waals surface area (Å²) in [7, 11) is 0. The van der Waals surface area contributed by atoms with Gasteiger partial charge in [0.15, 0.2) is 0 Å². The number of nitrogens with two attached hydrogens (primary N) is 1. The number of thioether (sulfide) groups is 1. The Balaban J connectivity index is 2.86. The van der Waals surface area contributed by atoms with Gasteiger partial charge in [0.25, 0.3) is 5.69 Å². The molecule has 0 saturated carbocycles. The molecule has 16 heavy (non-hydrogen) atoms. The maximum atomic E-state index is 10.7. The molecule has 0 aromatic heterocycles. The first-order valence-electron chi connectivity index (χ1n) is 4.90. The Kier molecular flexibility index (Phi) is 4.57. The van der Waals surface area contributed by atoms with Crippen LogP contribution in [0.5, 0.6) is 0 Å². The van der Waals surface area contributed by atoms with E-state index in [9.17, 15) is 10.1 Å². The smallest absolute Gasteiger partial charge is 0.293 e. The third-order valence-electron chi connectivity index (χ3n) is 2.00. The van der Waals surface area contributed by atoms with Gasteiger partial charge in [-0.1, -0.05) is 19.9 Å². The normalized spacial score (nSPS) is 10.5. The van der Waals surface area contributed by atoms with E-state index in [1.807, 2.05) is 0 Å². The van der Waals surface area contributed by atoms with Crippen LogP contribution in [0.1, 0.15) is 19.4 Å². The van der Waals surface area contributed by atoms with Crippen LogP contribution in [0.4, 0.5) is 11.4 Å². The van der Waals surface area contributed by atoms with E-state index in [1.54, 1.807) is 23.9 Å². The molecule has 0 atom stereocenters. The summed E-state index contributed by atoms with van der Waals surface area (Å²) in [5.74, 6) is 6.08. The number of hydrogen-bond donors (Lipinski definition) is 2. The van der Waals surface area contributed by atoms with Gasteiger partial charge >= 0.3 is 0 Å². The standard InChI is InChI=1S/C10H15N3O2S/c1-7(2)16-6-8-3-4-10(13(14)15)9(5-8)12-11/h3-5,7,12H,6,11H2,1-2H3. The molecule has 1 aromatic carbocycles. The second-order valence-corrected chi connectivity index (χ2v) is 5.18. The van der Waals surface area contributed by atoms with E-state index in [4.69, 9.17) is 5.84 Å². The average molecular weight is 241 g/mol. The molecule has 0 radical (unpaired) electrons. The first-order valence-corrected chi connectivity index (χ1v) is 5.95. The highest BCUT2D eigenvalue weighted by Gasteiger charge is 2.13. The molecule has 1 aromatic rings. The maximum Gasteiger partial charge on any atom is 0.293 e. The number of anilines is 1. The fourth-order valence-electron chi connectivity index (χ4n) is 1.21. The zero-order valence-corrected chi connectivity index (χ0v) is 10.1. The van der Waals surface area contributed by atoms with Gasteiger partial charge in [0.05, 0.1) is 4.92 Å². The van der Waals surface area contributed by atoms with Crippen LogP contribution in [0.25, 0.3) is 0 Å². The predicted molar refractivity (Wildman–Crippen MR) is 67.3 cm³/mol. The highest BCUT2D eigenvalue weighted by atomic mass is 32.2. The molecule has 0 aliphatic carbocycles. The van der Waals surface area contributed by atoms with Crippen LogP contribution in [0.3, 0.4) is 0 Å². The Bertz CT molecular complexity index is 382.